The van der Waals surface area contributed by atoms with E-state index >= 15 is 0 Å². The third-order valence-electron chi connectivity index (χ3n) is 3.41. The van der Waals surface area contributed by atoms with Crippen molar-refractivity contribution in [3.8, 4) is 0 Å². The zero-order chi connectivity index (χ0) is 12.6. The lowest BCUT2D eigenvalue weighted by Gasteiger charge is -2.32. The van der Waals surface area contributed by atoms with Gasteiger partial charge in [0.1, 0.15) is 0 Å². The third kappa shape index (κ3) is 3.97. The van der Waals surface area contributed by atoms with Crippen LogP contribution in [0.3, 0.4) is 0 Å². The second-order valence-corrected chi connectivity index (χ2v) is 4.77. The van der Waals surface area contributed by atoms with E-state index in [1.54, 1.807) is 0 Å². The van der Waals surface area contributed by atoms with Crippen molar-refractivity contribution in [2.45, 2.75) is 25.8 Å². The van der Waals surface area contributed by atoms with Gasteiger partial charge in [0.05, 0.1) is 13.2 Å². The molecular weight excluding hydrogens is 222 g/mol. The quantitative estimate of drug-likeness (QED) is 0.790. The first-order valence-corrected chi connectivity index (χ1v) is 6.95. The zero-order valence-corrected chi connectivity index (χ0v) is 11.2. The topological polar surface area (TPSA) is 12.5 Å². The highest BCUT2D eigenvalue weighted by molar-refractivity contribution is 5.49. The Morgan fingerprint density at radius 1 is 1.22 bits per heavy atom. The first-order valence-electron chi connectivity index (χ1n) is 6.95. The number of morpholine rings is 1. The molecule has 0 aliphatic carbocycles. The van der Waals surface area contributed by atoms with E-state index in [0.717, 1.165) is 26.3 Å². The van der Waals surface area contributed by atoms with Crippen LogP contribution in [0.15, 0.2) is 36.4 Å². The molecule has 18 heavy (non-hydrogen) atoms. The molecule has 1 unspecified atom stereocenters. The SMILES string of the molecule is CCCC(/C=C/c1ccccc1)N1CCOCC1. The van der Waals surface area contributed by atoms with E-state index in [1.165, 1.54) is 18.4 Å². The van der Waals surface area contributed by atoms with Crippen LogP contribution in [0.5, 0.6) is 0 Å². The summed E-state index contributed by atoms with van der Waals surface area (Å²) in [4.78, 5) is 2.53. The van der Waals surface area contributed by atoms with Gasteiger partial charge in [0.15, 0.2) is 0 Å². The van der Waals surface area contributed by atoms with Crippen LogP contribution in [0.2, 0.25) is 0 Å². The molecule has 0 amide bonds. The van der Waals surface area contributed by atoms with Crippen molar-refractivity contribution < 1.29 is 4.74 Å². The van der Waals surface area contributed by atoms with Gasteiger partial charge < -0.3 is 4.74 Å². The van der Waals surface area contributed by atoms with Crippen LogP contribution in [-0.2, 0) is 4.74 Å². The lowest BCUT2D eigenvalue weighted by molar-refractivity contribution is 0.0242. The fourth-order valence-electron chi connectivity index (χ4n) is 2.39. The Bertz CT molecular complexity index is 355. The number of rotatable bonds is 5. The Kier molecular flexibility index (Phi) is 5.43. The summed E-state index contributed by atoms with van der Waals surface area (Å²) in [5.74, 6) is 0. The van der Waals surface area contributed by atoms with Gasteiger partial charge in [-0.25, -0.2) is 0 Å². The highest BCUT2D eigenvalue weighted by atomic mass is 16.5. The van der Waals surface area contributed by atoms with Gasteiger partial charge in [-0.3, -0.25) is 4.90 Å². The van der Waals surface area contributed by atoms with Gasteiger partial charge in [0.2, 0.25) is 0 Å². The van der Waals surface area contributed by atoms with E-state index in [4.69, 9.17) is 4.74 Å². The summed E-state index contributed by atoms with van der Waals surface area (Å²) in [5.41, 5.74) is 1.28. The van der Waals surface area contributed by atoms with E-state index < -0.39 is 0 Å². The molecule has 1 aliphatic heterocycles. The van der Waals surface area contributed by atoms with Crippen molar-refractivity contribution in [1.29, 1.82) is 0 Å². The number of hydrogen-bond acceptors (Lipinski definition) is 2. The molecule has 0 saturated carbocycles. The molecule has 2 rings (SSSR count). The summed E-state index contributed by atoms with van der Waals surface area (Å²) >= 11 is 0. The van der Waals surface area contributed by atoms with Crippen molar-refractivity contribution in [2.24, 2.45) is 0 Å². The summed E-state index contributed by atoms with van der Waals surface area (Å²) in [6.45, 7) is 6.12. The summed E-state index contributed by atoms with van der Waals surface area (Å²) in [6.07, 6.45) is 7.05. The number of ether oxygens (including phenoxy) is 1. The Hall–Kier alpha value is -1.12. The molecule has 2 heteroatoms. The second kappa shape index (κ2) is 7.34. The average molecular weight is 245 g/mol. The third-order valence-corrected chi connectivity index (χ3v) is 3.41. The molecule has 1 aliphatic rings. The van der Waals surface area contributed by atoms with Crippen molar-refractivity contribution in [3.63, 3.8) is 0 Å². The van der Waals surface area contributed by atoms with Gasteiger partial charge in [-0.15, -0.1) is 0 Å². The lowest BCUT2D eigenvalue weighted by atomic mass is 10.1. The largest absolute Gasteiger partial charge is 0.379 e. The Labute approximate surface area is 110 Å². The molecule has 1 heterocycles. The molecule has 0 aromatic heterocycles. The monoisotopic (exact) mass is 245 g/mol. The smallest absolute Gasteiger partial charge is 0.0594 e. The molecule has 0 radical (unpaired) electrons. The molecule has 0 N–H and O–H groups in total. The molecule has 1 atom stereocenters. The molecule has 1 saturated heterocycles. The lowest BCUT2D eigenvalue weighted by Crippen LogP contribution is -2.42. The first kappa shape index (κ1) is 13.3. The number of hydrogen-bond donors (Lipinski definition) is 0. The van der Waals surface area contributed by atoms with Crippen LogP contribution in [0, 0.1) is 0 Å². The zero-order valence-electron chi connectivity index (χ0n) is 11.2. The van der Waals surface area contributed by atoms with E-state index in [1.807, 2.05) is 0 Å². The molecule has 0 spiro atoms. The van der Waals surface area contributed by atoms with E-state index in [0.29, 0.717) is 6.04 Å². The number of nitrogens with zero attached hydrogens (tertiary/aromatic N) is 1. The molecule has 1 aromatic rings. The molecular formula is C16H23NO. The average Bonchev–Trinajstić information content (AvgIpc) is 2.45. The Morgan fingerprint density at radius 2 is 1.94 bits per heavy atom. The van der Waals surface area contributed by atoms with E-state index in [9.17, 15) is 0 Å². The van der Waals surface area contributed by atoms with Crippen LogP contribution in [0.4, 0.5) is 0 Å². The van der Waals surface area contributed by atoms with Crippen molar-refractivity contribution in [1.82, 2.24) is 4.90 Å². The molecule has 1 aromatic carbocycles. The minimum absolute atomic E-state index is 0.555. The van der Waals surface area contributed by atoms with Gasteiger partial charge in [-0.1, -0.05) is 55.8 Å². The maximum atomic E-state index is 5.43. The fourth-order valence-corrected chi connectivity index (χ4v) is 2.39. The van der Waals surface area contributed by atoms with Crippen LogP contribution >= 0.6 is 0 Å². The van der Waals surface area contributed by atoms with Crippen LogP contribution in [0.1, 0.15) is 25.3 Å². The molecule has 2 nitrogen and oxygen atoms in total. The second-order valence-electron chi connectivity index (χ2n) is 4.77. The summed E-state index contributed by atoms with van der Waals surface area (Å²) < 4.78 is 5.43. The standard InChI is InChI=1S/C16H23NO/c1-2-6-16(17-11-13-18-14-12-17)10-9-15-7-4-3-5-8-15/h3-5,7-10,16H,2,6,11-14H2,1H3/b10-9+. The minimum atomic E-state index is 0.555. The maximum Gasteiger partial charge on any atom is 0.0594 e. The van der Waals surface area contributed by atoms with Crippen LogP contribution in [0.25, 0.3) is 6.08 Å². The summed E-state index contributed by atoms with van der Waals surface area (Å²) in [7, 11) is 0. The van der Waals surface area contributed by atoms with Gasteiger partial charge in [0.25, 0.3) is 0 Å². The Balaban J connectivity index is 1.98. The molecule has 98 valence electrons. The molecule has 1 fully saturated rings. The fraction of sp³-hybridized carbons (Fsp3) is 0.500. The van der Waals surface area contributed by atoms with Crippen molar-refractivity contribution in [2.75, 3.05) is 26.3 Å². The van der Waals surface area contributed by atoms with Gasteiger partial charge in [-0.2, -0.15) is 0 Å². The van der Waals surface area contributed by atoms with Gasteiger partial charge >= 0.3 is 0 Å². The highest BCUT2D eigenvalue weighted by Crippen LogP contribution is 2.13. The van der Waals surface area contributed by atoms with Crippen LogP contribution in [-0.4, -0.2) is 37.2 Å². The molecule has 0 bridgehead atoms. The first-order chi connectivity index (χ1) is 8.90. The summed E-state index contributed by atoms with van der Waals surface area (Å²) in [6, 6.07) is 11.1. The Morgan fingerprint density at radius 3 is 2.61 bits per heavy atom. The van der Waals surface area contributed by atoms with E-state index in [-0.39, 0.29) is 0 Å². The number of benzene rings is 1. The maximum absolute atomic E-state index is 5.43. The highest BCUT2D eigenvalue weighted by Gasteiger charge is 2.17. The van der Waals surface area contributed by atoms with Crippen molar-refractivity contribution >= 4 is 6.08 Å². The normalized spacial score (nSPS) is 19.2. The summed E-state index contributed by atoms with van der Waals surface area (Å²) in [5, 5.41) is 0. The van der Waals surface area contributed by atoms with Gasteiger partial charge in [0, 0.05) is 19.1 Å². The van der Waals surface area contributed by atoms with Crippen LogP contribution < -0.4 is 0 Å². The predicted molar refractivity (Wildman–Crippen MR) is 76.6 cm³/mol. The minimum Gasteiger partial charge on any atom is -0.379 e. The van der Waals surface area contributed by atoms with Gasteiger partial charge in [-0.05, 0) is 12.0 Å². The van der Waals surface area contributed by atoms with Crippen molar-refractivity contribution in [3.05, 3.63) is 42.0 Å². The van der Waals surface area contributed by atoms with E-state index in [2.05, 4.69) is 54.3 Å². The predicted octanol–water partition coefficient (Wildman–Crippen LogP) is 3.20.